The number of nitrogens with zero attached hydrogens (tertiary/aromatic N) is 2. The van der Waals surface area contributed by atoms with E-state index in [-0.39, 0.29) is 11.0 Å². The van der Waals surface area contributed by atoms with Crippen molar-refractivity contribution in [3.8, 4) is 5.75 Å². The van der Waals surface area contributed by atoms with Crippen molar-refractivity contribution >= 4 is 15.9 Å². The van der Waals surface area contributed by atoms with Gasteiger partial charge in [0.2, 0.25) is 0 Å². The van der Waals surface area contributed by atoms with Gasteiger partial charge in [-0.1, -0.05) is 6.07 Å². The van der Waals surface area contributed by atoms with Crippen LogP contribution in [0.1, 0.15) is 50.8 Å². The minimum atomic E-state index is -3.21. The molecular formula is C23H30N2O5S. The molecule has 1 aliphatic heterocycles. The van der Waals surface area contributed by atoms with E-state index in [9.17, 15) is 13.2 Å². The minimum absolute atomic E-state index is 0.254. The van der Waals surface area contributed by atoms with Crippen molar-refractivity contribution in [3.05, 3.63) is 53.9 Å². The largest absolute Gasteiger partial charge is 0.489 e. The van der Waals surface area contributed by atoms with Crippen LogP contribution >= 0.6 is 0 Å². The van der Waals surface area contributed by atoms with Gasteiger partial charge in [-0.3, -0.25) is 4.98 Å². The molecule has 8 heteroatoms. The van der Waals surface area contributed by atoms with Crippen molar-refractivity contribution in [1.29, 1.82) is 0 Å². The third kappa shape index (κ3) is 6.69. The first-order valence-corrected chi connectivity index (χ1v) is 12.3. The second-order valence-corrected chi connectivity index (χ2v) is 10.9. The SMILES string of the molecule is CC(C)(C)OC(=O)N1CCC(c2ccc(COc3ccc(S(C)(=O)=O)cc3)cn2)CC1. The highest BCUT2D eigenvalue weighted by Gasteiger charge is 2.27. The summed E-state index contributed by atoms with van der Waals surface area (Å²) in [5.41, 5.74) is 1.47. The average Bonchev–Trinajstić information content (AvgIpc) is 2.71. The quantitative estimate of drug-likeness (QED) is 0.685. The van der Waals surface area contributed by atoms with Gasteiger partial charge < -0.3 is 14.4 Å². The summed E-state index contributed by atoms with van der Waals surface area (Å²) in [6.45, 7) is 7.29. The number of aromatic nitrogens is 1. The number of amides is 1. The number of hydrogen-bond acceptors (Lipinski definition) is 6. The van der Waals surface area contributed by atoms with Gasteiger partial charge in [0.15, 0.2) is 9.84 Å². The number of pyridine rings is 1. The van der Waals surface area contributed by atoms with E-state index in [1.54, 1.807) is 23.2 Å². The summed E-state index contributed by atoms with van der Waals surface area (Å²) in [7, 11) is -3.21. The van der Waals surface area contributed by atoms with Crippen LogP contribution in [0.15, 0.2) is 47.5 Å². The molecule has 0 N–H and O–H groups in total. The number of benzene rings is 1. The Morgan fingerprint density at radius 3 is 2.26 bits per heavy atom. The zero-order valence-corrected chi connectivity index (χ0v) is 19.3. The molecule has 0 spiro atoms. The van der Waals surface area contributed by atoms with Gasteiger partial charge in [-0.25, -0.2) is 13.2 Å². The first-order chi connectivity index (χ1) is 14.5. The normalized spacial score (nSPS) is 15.5. The van der Waals surface area contributed by atoms with Crippen LogP contribution in [-0.2, 0) is 21.2 Å². The molecule has 2 heterocycles. The third-order valence-electron chi connectivity index (χ3n) is 5.07. The lowest BCUT2D eigenvalue weighted by atomic mass is 9.93. The van der Waals surface area contributed by atoms with Gasteiger partial charge >= 0.3 is 6.09 Å². The van der Waals surface area contributed by atoms with Gasteiger partial charge in [-0.05, 0) is 63.9 Å². The number of piperidine rings is 1. The fourth-order valence-corrected chi connectivity index (χ4v) is 4.03. The van der Waals surface area contributed by atoms with E-state index < -0.39 is 15.4 Å². The van der Waals surface area contributed by atoms with Gasteiger partial charge in [0.1, 0.15) is 18.0 Å². The van der Waals surface area contributed by atoms with Gasteiger partial charge in [-0.2, -0.15) is 0 Å². The van der Waals surface area contributed by atoms with Crippen molar-refractivity contribution < 1.29 is 22.7 Å². The molecule has 0 unspecified atom stereocenters. The summed E-state index contributed by atoms with van der Waals surface area (Å²) in [5.74, 6) is 0.920. The molecule has 2 aromatic rings. The van der Waals surface area contributed by atoms with Crippen LogP contribution in [0.3, 0.4) is 0 Å². The molecule has 0 radical (unpaired) electrons. The van der Waals surface area contributed by atoms with Gasteiger partial charge in [-0.15, -0.1) is 0 Å². The predicted octanol–water partition coefficient (Wildman–Crippen LogP) is 4.18. The first-order valence-electron chi connectivity index (χ1n) is 10.4. The highest BCUT2D eigenvalue weighted by atomic mass is 32.2. The number of sulfone groups is 1. The Kier molecular flexibility index (Phi) is 6.89. The Morgan fingerprint density at radius 1 is 1.10 bits per heavy atom. The number of carbonyl (C=O) groups is 1. The van der Waals surface area contributed by atoms with Crippen molar-refractivity contribution in [1.82, 2.24) is 9.88 Å². The molecule has 1 amide bonds. The Bertz CT molecular complexity index is 988. The van der Waals surface area contributed by atoms with Crippen LogP contribution < -0.4 is 4.74 Å². The van der Waals surface area contributed by atoms with Crippen molar-refractivity contribution in [3.63, 3.8) is 0 Å². The molecule has 0 bridgehead atoms. The van der Waals surface area contributed by atoms with Crippen LogP contribution in [0, 0.1) is 0 Å². The van der Waals surface area contributed by atoms with E-state index in [0.717, 1.165) is 24.1 Å². The summed E-state index contributed by atoms with van der Waals surface area (Å²) in [5, 5.41) is 0. The van der Waals surface area contributed by atoms with Gasteiger partial charge in [0.05, 0.1) is 4.90 Å². The second kappa shape index (κ2) is 9.26. The second-order valence-electron chi connectivity index (χ2n) is 8.87. The number of ether oxygens (including phenoxy) is 2. The number of likely N-dealkylation sites (tertiary alicyclic amines) is 1. The summed E-state index contributed by atoms with van der Waals surface area (Å²) >= 11 is 0. The standard InChI is InChI=1S/C23H30N2O5S/c1-23(2,3)30-22(26)25-13-11-18(12-14-25)21-10-5-17(15-24-21)16-29-19-6-8-20(9-7-19)31(4,27)28/h5-10,15,18H,11-14,16H2,1-4H3. The van der Waals surface area contributed by atoms with Crippen LogP contribution in [0.4, 0.5) is 4.79 Å². The molecule has 1 aromatic carbocycles. The Labute approximate surface area is 184 Å². The summed E-state index contributed by atoms with van der Waals surface area (Å²) in [4.78, 5) is 18.8. The third-order valence-corrected chi connectivity index (χ3v) is 6.20. The van der Waals surface area contributed by atoms with Gasteiger partial charge in [0, 0.05) is 42.7 Å². The number of rotatable bonds is 5. The molecule has 3 rings (SSSR count). The smallest absolute Gasteiger partial charge is 0.410 e. The maximum atomic E-state index is 12.2. The Balaban J connectivity index is 1.50. The lowest BCUT2D eigenvalue weighted by molar-refractivity contribution is 0.0204. The average molecular weight is 447 g/mol. The number of carbonyl (C=O) groups excluding carboxylic acids is 1. The predicted molar refractivity (Wildman–Crippen MR) is 118 cm³/mol. The molecule has 1 aliphatic rings. The minimum Gasteiger partial charge on any atom is -0.489 e. The summed E-state index contributed by atoms with van der Waals surface area (Å²) in [6, 6.07) is 10.4. The van der Waals surface area contributed by atoms with Crippen LogP contribution in [0.25, 0.3) is 0 Å². The molecule has 1 fully saturated rings. The summed E-state index contributed by atoms with van der Waals surface area (Å²) in [6.07, 6.45) is 4.44. The van der Waals surface area contributed by atoms with E-state index in [4.69, 9.17) is 9.47 Å². The highest BCUT2D eigenvalue weighted by Crippen LogP contribution is 2.27. The Hall–Kier alpha value is -2.61. The molecule has 31 heavy (non-hydrogen) atoms. The maximum absolute atomic E-state index is 12.2. The molecule has 168 valence electrons. The number of hydrogen-bond donors (Lipinski definition) is 0. The highest BCUT2D eigenvalue weighted by molar-refractivity contribution is 7.90. The summed E-state index contributed by atoms with van der Waals surface area (Å²) < 4.78 is 34.2. The zero-order chi connectivity index (χ0) is 22.6. The van der Waals surface area contributed by atoms with E-state index in [2.05, 4.69) is 4.98 Å². The van der Waals surface area contributed by atoms with E-state index in [1.807, 2.05) is 32.9 Å². The zero-order valence-electron chi connectivity index (χ0n) is 18.5. The van der Waals surface area contributed by atoms with Crippen molar-refractivity contribution in [2.24, 2.45) is 0 Å². The van der Waals surface area contributed by atoms with Crippen molar-refractivity contribution in [2.75, 3.05) is 19.3 Å². The fourth-order valence-electron chi connectivity index (χ4n) is 3.40. The lowest BCUT2D eigenvalue weighted by Gasteiger charge is -2.33. The molecular weight excluding hydrogens is 416 g/mol. The topological polar surface area (TPSA) is 85.8 Å². The van der Waals surface area contributed by atoms with Crippen LogP contribution in [0.5, 0.6) is 5.75 Å². The first kappa shape index (κ1) is 23.1. The molecule has 0 aliphatic carbocycles. The van der Waals surface area contributed by atoms with E-state index in [1.165, 1.54) is 18.4 Å². The van der Waals surface area contributed by atoms with Crippen molar-refractivity contribution in [2.45, 2.75) is 56.6 Å². The lowest BCUT2D eigenvalue weighted by Crippen LogP contribution is -2.41. The van der Waals surface area contributed by atoms with Crippen LogP contribution in [0.2, 0.25) is 0 Å². The van der Waals surface area contributed by atoms with Gasteiger partial charge in [0.25, 0.3) is 0 Å². The van der Waals surface area contributed by atoms with Crippen LogP contribution in [-0.4, -0.2) is 49.3 Å². The molecule has 1 aromatic heterocycles. The molecule has 0 atom stereocenters. The maximum Gasteiger partial charge on any atom is 0.410 e. The molecule has 7 nitrogen and oxygen atoms in total. The molecule has 1 saturated heterocycles. The van der Waals surface area contributed by atoms with E-state index in [0.29, 0.717) is 31.4 Å². The van der Waals surface area contributed by atoms with E-state index >= 15 is 0 Å². The molecule has 0 saturated carbocycles. The Morgan fingerprint density at radius 2 is 1.74 bits per heavy atom. The monoisotopic (exact) mass is 446 g/mol. The fraction of sp³-hybridized carbons (Fsp3) is 0.478.